The van der Waals surface area contributed by atoms with E-state index in [1.165, 1.54) is 205 Å². The molecular weight excluding hydrogens is 823 g/mol. The Morgan fingerprint density at radius 1 is 0.455 bits per heavy atom. The van der Waals surface area contributed by atoms with Crippen molar-refractivity contribution in [1.29, 1.82) is 0 Å². The maximum atomic E-state index is 12.8. The van der Waals surface area contributed by atoms with Crippen LogP contribution in [0.15, 0.2) is 24.3 Å². The van der Waals surface area contributed by atoms with Crippen LogP contribution in [0.3, 0.4) is 0 Å². The second kappa shape index (κ2) is 49.2. The Labute approximate surface area is 409 Å². The Balaban J connectivity index is 4.13. The van der Waals surface area contributed by atoms with Crippen LogP contribution in [0.2, 0.25) is 0 Å². The van der Waals surface area contributed by atoms with Gasteiger partial charge in [0.2, 0.25) is 0 Å². The fourth-order valence-corrected chi connectivity index (χ4v) is 8.71. The van der Waals surface area contributed by atoms with Crippen molar-refractivity contribution >= 4 is 17.9 Å². The predicted octanol–water partition coefficient (Wildman–Crippen LogP) is 15.4. The summed E-state index contributed by atoms with van der Waals surface area (Å²) in [6, 6.07) is -0.724. The highest BCUT2D eigenvalue weighted by molar-refractivity contribution is 5.70. The Kier molecular flexibility index (Phi) is 47.6. The summed E-state index contributed by atoms with van der Waals surface area (Å²) in [5, 5.41) is 11.7. The number of aliphatic carboxylic acids is 1. The topological polar surface area (TPSA) is 102 Å². The van der Waals surface area contributed by atoms with Gasteiger partial charge in [-0.15, -0.1) is 0 Å². The van der Waals surface area contributed by atoms with Crippen LogP contribution in [0, 0.1) is 0 Å². The molecule has 2 atom stereocenters. The lowest BCUT2D eigenvalue weighted by Gasteiger charge is -2.34. The van der Waals surface area contributed by atoms with Gasteiger partial charge in [0.25, 0.3) is 0 Å². The van der Waals surface area contributed by atoms with Crippen LogP contribution >= 0.6 is 0 Å². The van der Waals surface area contributed by atoms with E-state index in [0.29, 0.717) is 12.8 Å². The molecule has 0 spiro atoms. The Hall–Kier alpha value is -2.19. The molecule has 0 bridgehead atoms. The van der Waals surface area contributed by atoms with Gasteiger partial charge >= 0.3 is 11.9 Å². The van der Waals surface area contributed by atoms with E-state index in [1.807, 2.05) is 21.1 Å². The third kappa shape index (κ3) is 46.9. The molecule has 0 aromatic heterocycles. The van der Waals surface area contributed by atoms with Crippen LogP contribution in [0.25, 0.3) is 0 Å². The number of allylic oxidation sites excluding steroid dienone is 4. The number of rotatable bonds is 52. The number of hydrogen-bond acceptors (Lipinski definition) is 7. The van der Waals surface area contributed by atoms with Gasteiger partial charge in [-0.2, -0.15) is 0 Å². The minimum atomic E-state index is -1.12. The Morgan fingerprint density at radius 2 is 0.788 bits per heavy atom. The van der Waals surface area contributed by atoms with E-state index in [4.69, 9.17) is 14.2 Å². The molecule has 0 fully saturated rings. The first-order chi connectivity index (χ1) is 32.1. The SMILES string of the molecule is CCCCC/C=C/C=C/CCCCCCCCCCCCC(=O)OC(COCCC(C(=O)[O-])[N+](C)(C)C)COC(=O)CCCCCCCCCCCCCCCCCCCCCCCCC. The van der Waals surface area contributed by atoms with Gasteiger partial charge in [0.1, 0.15) is 12.6 Å². The lowest BCUT2D eigenvalue weighted by molar-refractivity contribution is -0.889. The number of carboxylic acids is 1. The number of quaternary nitrogens is 1. The van der Waals surface area contributed by atoms with Crippen molar-refractivity contribution in [3.05, 3.63) is 24.3 Å². The summed E-state index contributed by atoms with van der Waals surface area (Å²) >= 11 is 0. The van der Waals surface area contributed by atoms with Crippen molar-refractivity contribution in [3.8, 4) is 0 Å². The van der Waals surface area contributed by atoms with Gasteiger partial charge < -0.3 is 28.6 Å². The first-order valence-corrected chi connectivity index (χ1v) is 28.4. The van der Waals surface area contributed by atoms with Gasteiger partial charge in [0.05, 0.1) is 40.3 Å². The van der Waals surface area contributed by atoms with Crippen molar-refractivity contribution in [2.75, 3.05) is 41.0 Å². The summed E-state index contributed by atoms with van der Waals surface area (Å²) in [6.45, 7) is 4.69. The number of nitrogens with zero attached hydrogens (tertiary/aromatic N) is 1. The zero-order valence-electron chi connectivity index (χ0n) is 44.4. The highest BCUT2D eigenvalue weighted by Gasteiger charge is 2.25. The molecule has 8 heteroatoms. The Morgan fingerprint density at radius 3 is 1.17 bits per heavy atom. The maximum absolute atomic E-state index is 12.8. The molecule has 8 nitrogen and oxygen atoms in total. The van der Waals surface area contributed by atoms with Gasteiger partial charge in [0.15, 0.2) is 6.10 Å². The summed E-state index contributed by atoms with van der Waals surface area (Å²) in [5.74, 6) is -1.72. The fraction of sp³-hybridized carbons (Fsp3) is 0.879. The number of carboxylic acid groups (broad SMARTS) is 1. The minimum absolute atomic E-state index is 0.0443. The molecule has 0 aliphatic carbocycles. The average Bonchev–Trinajstić information content (AvgIpc) is 3.28. The second-order valence-corrected chi connectivity index (χ2v) is 20.6. The zero-order chi connectivity index (χ0) is 48.4. The lowest BCUT2D eigenvalue weighted by Crippen LogP contribution is -2.55. The van der Waals surface area contributed by atoms with E-state index >= 15 is 0 Å². The third-order valence-electron chi connectivity index (χ3n) is 13.1. The predicted molar refractivity (Wildman–Crippen MR) is 277 cm³/mol. The maximum Gasteiger partial charge on any atom is 0.306 e. The lowest BCUT2D eigenvalue weighted by atomic mass is 10.0. The van der Waals surface area contributed by atoms with E-state index in [-0.39, 0.29) is 42.7 Å². The molecule has 0 aromatic carbocycles. The number of ether oxygens (including phenoxy) is 3. The van der Waals surface area contributed by atoms with Crippen molar-refractivity contribution in [2.45, 2.75) is 289 Å². The molecule has 66 heavy (non-hydrogen) atoms. The van der Waals surface area contributed by atoms with Gasteiger partial charge in [-0.3, -0.25) is 9.59 Å². The van der Waals surface area contributed by atoms with Crippen LogP contribution in [-0.4, -0.2) is 75.5 Å². The fourth-order valence-electron chi connectivity index (χ4n) is 8.71. The molecular formula is C58H109NO7. The number of likely N-dealkylation sites (N-methyl/N-ethyl adjacent to an activating group) is 1. The second-order valence-electron chi connectivity index (χ2n) is 20.6. The Bertz CT molecular complexity index is 1130. The van der Waals surface area contributed by atoms with Crippen LogP contribution in [0.4, 0.5) is 0 Å². The van der Waals surface area contributed by atoms with E-state index in [2.05, 4.69) is 38.2 Å². The van der Waals surface area contributed by atoms with Gasteiger partial charge in [0, 0.05) is 19.3 Å². The average molecular weight is 933 g/mol. The van der Waals surface area contributed by atoms with Gasteiger partial charge in [-0.1, -0.05) is 244 Å². The van der Waals surface area contributed by atoms with Gasteiger partial charge in [-0.05, 0) is 38.5 Å². The van der Waals surface area contributed by atoms with Crippen LogP contribution in [0.1, 0.15) is 277 Å². The number of carbonyl (C=O) groups is 3. The summed E-state index contributed by atoms with van der Waals surface area (Å²) in [4.78, 5) is 37.1. The highest BCUT2D eigenvalue weighted by Crippen LogP contribution is 2.17. The summed E-state index contributed by atoms with van der Waals surface area (Å²) in [6.07, 6.45) is 57.9. The number of carbonyl (C=O) groups excluding carboxylic acids is 3. The normalized spacial score (nSPS) is 12.9. The van der Waals surface area contributed by atoms with E-state index in [1.54, 1.807) is 0 Å². The quantitative estimate of drug-likeness (QED) is 0.0259. The molecule has 0 radical (unpaired) electrons. The molecule has 0 saturated carbocycles. The van der Waals surface area contributed by atoms with E-state index in [9.17, 15) is 19.5 Å². The first-order valence-electron chi connectivity index (χ1n) is 28.4. The molecule has 2 unspecified atom stereocenters. The summed E-state index contributed by atoms with van der Waals surface area (Å²) in [5.41, 5.74) is 0. The number of unbranched alkanes of at least 4 members (excludes halogenated alkanes) is 35. The monoisotopic (exact) mass is 932 g/mol. The van der Waals surface area contributed by atoms with E-state index < -0.39 is 18.1 Å². The van der Waals surface area contributed by atoms with Crippen LogP contribution < -0.4 is 5.11 Å². The molecule has 0 amide bonds. The zero-order valence-corrected chi connectivity index (χ0v) is 44.4. The van der Waals surface area contributed by atoms with Gasteiger partial charge in [-0.25, -0.2) is 0 Å². The van der Waals surface area contributed by atoms with Crippen molar-refractivity contribution in [3.63, 3.8) is 0 Å². The smallest absolute Gasteiger partial charge is 0.306 e. The van der Waals surface area contributed by atoms with Crippen molar-refractivity contribution in [2.24, 2.45) is 0 Å². The molecule has 0 rings (SSSR count). The molecule has 0 saturated heterocycles. The molecule has 0 aliphatic rings. The number of esters is 2. The molecule has 0 aromatic rings. The van der Waals surface area contributed by atoms with Crippen molar-refractivity contribution in [1.82, 2.24) is 0 Å². The number of hydrogen-bond donors (Lipinski definition) is 0. The highest BCUT2D eigenvalue weighted by atomic mass is 16.6. The first kappa shape index (κ1) is 63.8. The molecule has 388 valence electrons. The summed E-state index contributed by atoms with van der Waals surface area (Å²) in [7, 11) is 5.43. The standard InChI is InChI=1S/C58H109NO7/c1-6-8-10-12-14-16-18-20-22-24-26-27-28-29-31-32-34-36-38-40-42-44-46-48-56(60)65-53-54(52-64-51-50-55(58(62)63)59(3,4)5)66-57(61)49-47-45-43-41-39-37-35-33-30-25-23-21-19-17-15-13-11-9-7-2/h15,17,19,21,54-55H,6-14,16,18,20,22-53H2,1-5H3/b17-15+,21-19+. The minimum Gasteiger partial charge on any atom is -0.544 e. The van der Waals surface area contributed by atoms with Crippen LogP contribution in [0.5, 0.6) is 0 Å². The summed E-state index contributed by atoms with van der Waals surface area (Å²) < 4.78 is 17.3. The third-order valence-corrected chi connectivity index (χ3v) is 13.1. The van der Waals surface area contributed by atoms with E-state index in [0.717, 1.165) is 38.5 Å². The van der Waals surface area contributed by atoms with Crippen LogP contribution in [-0.2, 0) is 28.6 Å². The molecule has 0 aliphatic heterocycles. The molecule has 0 N–H and O–H groups in total. The molecule has 0 heterocycles. The largest absolute Gasteiger partial charge is 0.544 e. The van der Waals surface area contributed by atoms with Crippen molar-refractivity contribution < 1.29 is 38.2 Å².